The van der Waals surface area contributed by atoms with Gasteiger partial charge in [0, 0.05) is 17.8 Å². The van der Waals surface area contributed by atoms with Crippen molar-refractivity contribution < 1.29 is 40.4 Å². The average molecular weight is 585 g/mol. The molecule has 0 aliphatic heterocycles. The van der Waals surface area contributed by atoms with E-state index in [-0.39, 0.29) is 23.1 Å². The number of aromatic nitrogens is 1. The summed E-state index contributed by atoms with van der Waals surface area (Å²) in [6.07, 6.45) is 0.468. The molecular weight excluding hydrogens is 560 g/mol. The molecule has 204 valence electrons. The molecule has 0 radical (unpaired) electrons. The summed E-state index contributed by atoms with van der Waals surface area (Å²) < 4.78 is 70.9. The minimum absolute atomic E-state index is 0.0519. The summed E-state index contributed by atoms with van der Waals surface area (Å²) in [7, 11) is -5.84. The minimum Gasteiger partial charge on any atom is -0.444 e. The maximum Gasteiger partial charge on any atom is 0.534 e. The summed E-state index contributed by atoms with van der Waals surface area (Å²) in [6.45, 7) is 4.85. The van der Waals surface area contributed by atoms with Gasteiger partial charge in [-0.15, -0.1) is 0 Å². The quantitative estimate of drug-likeness (QED) is 0.273. The van der Waals surface area contributed by atoms with E-state index >= 15 is 0 Å². The fourth-order valence-electron chi connectivity index (χ4n) is 3.81. The van der Waals surface area contributed by atoms with Gasteiger partial charge in [0.1, 0.15) is 16.5 Å². The Bertz CT molecular complexity index is 1270. The van der Waals surface area contributed by atoms with Crippen molar-refractivity contribution >= 4 is 39.4 Å². The lowest BCUT2D eigenvalue weighted by Crippen LogP contribution is -2.47. The van der Waals surface area contributed by atoms with Crippen molar-refractivity contribution in [2.24, 2.45) is 0 Å². The van der Waals surface area contributed by atoms with Crippen LogP contribution >= 0.6 is 23.2 Å². The highest BCUT2D eigenvalue weighted by Crippen LogP contribution is 2.33. The van der Waals surface area contributed by atoms with Crippen LogP contribution in [-0.2, 0) is 27.7 Å². The van der Waals surface area contributed by atoms with Gasteiger partial charge < -0.3 is 18.9 Å². The van der Waals surface area contributed by atoms with Crippen LogP contribution in [0.2, 0.25) is 10.2 Å². The molecule has 0 saturated heterocycles. The Morgan fingerprint density at radius 2 is 1.89 bits per heavy atom. The first-order chi connectivity index (χ1) is 17.0. The van der Waals surface area contributed by atoms with E-state index in [9.17, 15) is 31.5 Å². The lowest BCUT2D eigenvalue weighted by molar-refractivity contribution is -0.0500. The van der Waals surface area contributed by atoms with Gasteiger partial charge in [-0.3, -0.25) is 0 Å². The highest BCUT2D eigenvalue weighted by atomic mass is 35.5. The summed E-state index contributed by atoms with van der Waals surface area (Å²) in [5.41, 5.74) is -4.83. The number of aryl methyl sites for hydroxylation is 1. The summed E-state index contributed by atoms with van der Waals surface area (Å²) in [4.78, 5) is 18.4. The molecule has 14 heteroatoms. The number of hydrogen-bond donors (Lipinski definition) is 1. The number of hydrogen-bond acceptors (Lipinski definition) is 7. The van der Waals surface area contributed by atoms with Crippen molar-refractivity contribution in [1.29, 1.82) is 0 Å². The first kappa shape index (κ1) is 29.3. The number of aliphatic hydroxyl groups excluding tert-OH is 1. The zero-order valence-corrected chi connectivity index (χ0v) is 22.4. The van der Waals surface area contributed by atoms with Gasteiger partial charge in [0.2, 0.25) is 0 Å². The summed E-state index contributed by atoms with van der Waals surface area (Å²) in [5, 5.41) is 11.0. The molecule has 0 fully saturated rings. The van der Waals surface area contributed by atoms with Crippen LogP contribution in [0.1, 0.15) is 50.0 Å². The standard InChI is InChI=1S/C23H25Cl2F3N2O6S/c1-22(2,3)35-21(32)30(12-19(31)15-10-18(24)20(25)29-11-15)16-6-4-13-5-7-17(9-14(13)8-16)36-37(33,34)23(26,27)28/h5,7,9-11,16,19,31H,4,6,8,12H2,1-3H3/t16-,19-/m0/s1. The molecule has 0 bridgehead atoms. The molecule has 1 heterocycles. The predicted molar refractivity (Wildman–Crippen MR) is 130 cm³/mol. The molecule has 37 heavy (non-hydrogen) atoms. The van der Waals surface area contributed by atoms with Crippen LogP contribution in [0.5, 0.6) is 5.75 Å². The van der Waals surface area contributed by atoms with Crippen molar-refractivity contribution in [3.63, 3.8) is 0 Å². The lowest BCUT2D eigenvalue weighted by atomic mass is 9.87. The molecule has 8 nitrogen and oxygen atoms in total. The molecule has 1 aromatic carbocycles. The average Bonchev–Trinajstić information content (AvgIpc) is 2.76. The van der Waals surface area contributed by atoms with Crippen LogP contribution < -0.4 is 4.18 Å². The third-order valence-corrected chi connectivity index (χ3v) is 7.18. The molecule has 1 aliphatic carbocycles. The van der Waals surface area contributed by atoms with E-state index in [4.69, 9.17) is 27.9 Å². The van der Waals surface area contributed by atoms with Crippen LogP contribution in [0, 0.1) is 0 Å². The highest BCUT2D eigenvalue weighted by Gasteiger charge is 2.48. The largest absolute Gasteiger partial charge is 0.534 e. The maximum atomic E-state index is 13.1. The number of fused-ring (bicyclic) bond motifs is 1. The summed E-state index contributed by atoms with van der Waals surface area (Å²) in [5.74, 6) is -0.498. The van der Waals surface area contributed by atoms with Crippen LogP contribution in [0.4, 0.5) is 18.0 Å². The Labute approximate surface area is 222 Å². The number of nitrogens with zero attached hydrogens (tertiary/aromatic N) is 2. The van der Waals surface area contributed by atoms with Crippen molar-refractivity contribution in [2.45, 2.75) is 63.3 Å². The van der Waals surface area contributed by atoms with E-state index in [0.29, 0.717) is 24.0 Å². The van der Waals surface area contributed by atoms with Gasteiger partial charge in [0.25, 0.3) is 0 Å². The van der Waals surface area contributed by atoms with Gasteiger partial charge in [-0.25, -0.2) is 9.78 Å². The van der Waals surface area contributed by atoms with Crippen molar-refractivity contribution in [3.8, 4) is 5.75 Å². The molecular formula is C23H25Cl2F3N2O6S. The number of carbonyl (C=O) groups excluding carboxylic acids is 1. The second-order valence-corrected chi connectivity index (χ2v) is 11.8. The first-order valence-electron chi connectivity index (χ1n) is 11.1. The smallest absolute Gasteiger partial charge is 0.444 e. The maximum absolute atomic E-state index is 13.1. The van der Waals surface area contributed by atoms with Crippen molar-refractivity contribution in [1.82, 2.24) is 9.88 Å². The molecule has 0 unspecified atom stereocenters. The van der Waals surface area contributed by atoms with Crippen LogP contribution in [0.25, 0.3) is 0 Å². The second kappa shape index (κ2) is 10.8. The number of alkyl halides is 3. The van der Waals surface area contributed by atoms with Crippen molar-refractivity contribution in [2.75, 3.05) is 6.54 Å². The second-order valence-electron chi connectivity index (χ2n) is 9.50. The molecule has 2 atom stereocenters. The van der Waals surface area contributed by atoms with E-state index in [0.717, 1.165) is 11.6 Å². The Morgan fingerprint density at radius 1 is 1.22 bits per heavy atom. The Morgan fingerprint density at radius 3 is 2.49 bits per heavy atom. The van der Waals surface area contributed by atoms with Crippen LogP contribution in [0.3, 0.4) is 0 Å². The number of halogens is 5. The molecule has 1 amide bonds. The highest BCUT2D eigenvalue weighted by molar-refractivity contribution is 7.88. The molecule has 3 rings (SSSR count). The van der Waals surface area contributed by atoms with E-state index in [2.05, 4.69) is 9.17 Å². The number of rotatable bonds is 6. The predicted octanol–water partition coefficient (Wildman–Crippen LogP) is 5.44. The monoisotopic (exact) mass is 584 g/mol. The molecule has 0 spiro atoms. The molecule has 1 aliphatic rings. The Hall–Kier alpha value is -2.28. The van der Waals surface area contributed by atoms with Gasteiger partial charge in [-0.05, 0) is 69.4 Å². The topological polar surface area (TPSA) is 106 Å². The van der Waals surface area contributed by atoms with Gasteiger partial charge in [-0.1, -0.05) is 29.3 Å². The van der Waals surface area contributed by atoms with Crippen LogP contribution in [-0.4, -0.2) is 53.2 Å². The first-order valence-corrected chi connectivity index (χ1v) is 13.2. The number of pyridine rings is 1. The third-order valence-electron chi connectivity index (χ3n) is 5.51. The number of aliphatic hydroxyl groups is 1. The van der Waals surface area contributed by atoms with E-state index < -0.39 is 45.2 Å². The van der Waals surface area contributed by atoms with Gasteiger partial charge in [0.15, 0.2) is 0 Å². The lowest BCUT2D eigenvalue weighted by Gasteiger charge is -2.37. The SMILES string of the molecule is CC(C)(C)OC(=O)N(C[C@H](O)c1cnc(Cl)c(Cl)c1)[C@H]1CCc2ccc(OS(=O)(=O)C(F)(F)F)cc2C1. The zero-order valence-electron chi connectivity index (χ0n) is 20.1. The van der Waals surface area contributed by atoms with Crippen LogP contribution in [0.15, 0.2) is 30.5 Å². The van der Waals surface area contributed by atoms with E-state index in [1.807, 2.05) is 0 Å². The number of ether oxygens (including phenoxy) is 1. The normalized spacial score (nSPS) is 17.1. The fraction of sp³-hybridized carbons (Fsp3) is 0.478. The van der Waals surface area contributed by atoms with E-state index in [1.54, 1.807) is 20.8 Å². The molecule has 1 N–H and O–H groups in total. The number of amides is 1. The fourth-order valence-corrected chi connectivity index (χ4v) is 4.54. The van der Waals surface area contributed by atoms with Gasteiger partial charge in [-0.2, -0.15) is 21.6 Å². The Balaban J connectivity index is 1.87. The molecule has 1 aromatic heterocycles. The molecule has 0 saturated carbocycles. The Kier molecular flexibility index (Phi) is 8.57. The number of benzene rings is 1. The van der Waals surface area contributed by atoms with Gasteiger partial charge in [0.05, 0.1) is 17.7 Å². The third kappa shape index (κ3) is 7.40. The molecule has 2 aromatic rings. The van der Waals surface area contributed by atoms with Crippen molar-refractivity contribution in [3.05, 3.63) is 57.3 Å². The van der Waals surface area contributed by atoms with E-state index in [1.165, 1.54) is 29.3 Å². The number of carbonyl (C=O) groups is 1. The minimum atomic E-state index is -5.84. The summed E-state index contributed by atoms with van der Waals surface area (Å²) in [6, 6.07) is 4.74. The summed E-state index contributed by atoms with van der Waals surface area (Å²) >= 11 is 11.8. The zero-order chi connectivity index (χ0) is 27.8. The van der Waals surface area contributed by atoms with Gasteiger partial charge >= 0.3 is 21.7 Å².